The monoisotopic (exact) mass is 315 g/mol. The standard InChI is InChI=1S/C12H8F3N3O2S/c13-12(14,15)11-17-9(20-18-11)8-6-3-1-2-4-7(6)21-10(8)16-5-19/h1-4H2. The largest absolute Gasteiger partial charge is 0.455 e. The minimum Gasteiger partial charge on any atom is -0.334 e. The first-order chi connectivity index (χ1) is 10.0. The first kappa shape index (κ1) is 14.0. The highest BCUT2D eigenvalue weighted by Gasteiger charge is 2.38. The highest BCUT2D eigenvalue weighted by atomic mass is 32.1. The van der Waals surface area contributed by atoms with Gasteiger partial charge >= 0.3 is 6.18 Å². The molecule has 1 aliphatic rings. The van der Waals surface area contributed by atoms with Gasteiger partial charge in [0.25, 0.3) is 11.7 Å². The fourth-order valence-electron chi connectivity index (χ4n) is 2.33. The molecule has 0 atom stereocenters. The Labute approximate surface area is 120 Å². The quantitative estimate of drug-likeness (QED) is 0.626. The summed E-state index contributed by atoms with van der Waals surface area (Å²) in [5.41, 5.74) is 1.18. The van der Waals surface area contributed by atoms with Crippen LogP contribution in [0.4, 0.5) is 18.2 Å². The number of alkyl halides is 3. The second-order valence-electron chi connectivity index (χ2n) is 4.52. The summed E-state index contributed by atoms with van der Waals surface area (Å²) in [5.74, 6) is -1.59. The van der Waals surface area contributed by atoms with Crippen LogP contribution in [0.3, 0.4) is 0 Å². The third kappa shape index (κ3) is 2.50. The van der Waals surface area contributed by atoms with Crippen LogP contribution in [0.15, 0.2) is 9.52 Å². The fraction of sp³-hybridized carbons (Fsp3) is 0.417. The zero-order valence-corrected chi connectivity index (χ0v) is 11.3. The van der Waals surface area contributed by atoms with Crippen LogP contribution in [0.5, 0.6) is 0 Å². The van der Waals surface area contributed by atoms with Crippen molar-refractivity contribution in [1.82, 2.24) is 10.1 Å². The number of aromatic nitrogens is 2. The zero-order valence-electron chi connectivity index (χ0n) is 10.5. The Bertz CT molecular complexity index is 729. The molecule has 2 aromatic rings. The van der Waals surface area contributed by atoms with Gasteiger partial charge in [-0.25, -0.2) is 4.79 Å². The molecule has 0 aliphatic heterocycles. The number of halogens is 3. The molecule has 0 spiro atoms. The lowest BCUT2D eigenvalue weighted by atomic mass is 9.95. The van der Waals surface area contributed by atoms with E-state index in [1.807, 2.05) is 0 Å². The van der Waals surface area contributed by atoms with Crippen molar-refractivity contribution in [1.29, 1.82) is 0 Å². The minimum atomic E-state index is -4.67. The molecule has 2 heterocycles. The maximum atomic E-state index is 12.6. The summed E-state index contributed by atoms with van der Waals surface area (Å²) in [6.07, 6.45) is 0.153. The Balaban J connectivity index is 2.14. The van der Waals surface area contributed by atoms with Gasteiger partial charge in [0.2, 0.25) is 6.08 Å². The Kier molecular flexibility index (Phi) is 3.38. The van der Waals surface area contributed by atoms with E-state index >= 15 is 0 Å². The molecule has 21 heavy (non-hydrogen) atoms. The molecule has 110 valence electrons. The third-order valence-corrected chi connectivity index (χ3v) is 4.38. The van der Waals surface area contributed by atoms with Gasteiger partial charge in [-0.05, 0) is 31.2 Å². The summed E-state index contributed by atoms with van der Waals surface area (Å²) >= 11 is 1.26. The number of aliphatic imine (C=N–C) groups is 1. The highest BCUT2D eigenvalue weighted by molar-refractivity contribution is 7.16. The molecule has 2 aromatic heterocycles. The number of aryl methyl sites for hydroxylation is 1. The van der Waals surface area contributed by atoms with Crippen LogP contribution in [0.1, 0.15) is 29.1 Å². The molecular weight excluding hydrogens is 307 g/mol. The fourth-order valence-corrected chi connectivity index (χ4v) is 3.53. The summed E-state index contributed by atoms with van der Waals surface area (Å²) in [5, 5.41) is 3.22. The van der Waals surface area contributed by atoms with Gasteiger partial charge in [-0.1, -0.05) is 5.16 Å². The minimum absolute atomic E-state index is 0.254. The average Bonchev–Trinajstić information content (AvgIpc) is 3.01. The van der Waals surface area contributed by atoms with Crippen LogP contribution >= 0.6 is 11.3 Å². The Hall–Kier alpha value is -1.99. The maximum absolute atomic E-state index is 12.6. The van der Waals surface area contributed by atoms with E-state index in [1.54, 1.807) is 0 Å². The zero-order chi connectivity index (χ0) is 15.0. The smallest absolute Gasteiger partial charge is 0.334 e. The van der Waals surface area contributed by atoms with Gasteiger partial charge in [-0.3, -0.25) is 0 Å². The van der Waals surface area contributed by atoms with E-state index in [0.717, 1.165) is 29.7 Å². The summed E-state index contributed by atoms with van der Waals surface area (Å²) < 4.78 is 42.4. The number of isocyanates is 1. The second-order valence-corrected chi connectivity index (χ2v) is 5.60. The van der Waals surface area contributed by atoms with E-state index in [-0.39, 0.29) is 10.9 Å². The lowest BCUT2D eigenvalue weighted by molar-refractivity contribution is -0.146. The Morgan fingerprint density at radius 1 is 1.29 bits per heavy atom. The van der Waals surface area contributed by atoms with E-state index in [9.17, 15) is 18.0 Å². The molecule has 5 nitrogen and oxygen atoms in total. The summed E-state index contributed by atoms with van der Waals surface area (Å²) in [6.45, 7) is 0. The molecule has 0 unspecified atom stereocenters. The number of rotatable bonds is 2. The average molecular weight is 315 g/mol. The molecular formula is C12H8F3N3O2S. The third-order valence-electron chi connectivity index (χ3n) is 3.19. The van der Waals surface area contributed by atoms with E-state index in [1.165, 1.54) is 17.4 Å². The second kappa shape index (κ2) is 5.09. The van der Waals surface area contributed by atoms with Crippen molar-refractivity contribution in [3.8, 4) is 11.5 Å². The van der Waals surface area contributed by atoms with Crippen LogP contribution in [0.2, 0.25) is 0 Å². The van der Waals surface area contributed by atoms with Gasteiger partial charge in [0.1, 0.15) is 5.00 Å². The van der Waals surface area contributed by atoms with Gasteiger partial charge in [0.05, 0.1) is 5.56 Å². The van der Waals surface area contributed by atoms with Crippen molar-refractivity contribution in [3.63, 3.8) is 0 Å². The maximum Gasteiger partial charge on any atom is 0.455 e. The van der Waals surface area contributed by atoms with E-state index < -0.39 is 12.0 Å². The number of nitrogens with zero attached hydrogens (tertiary/aromatic N) is 3. The van der Waals surface area contributed by atoms with Crippen LogP contribution < -0.4 is 0 Å². The van der Waals surface area contributed by atoms with Crippen molar-refractivity contribution in [2.75, 3.05) is 0 Å². The van der Waals surface area contributed by atoms with Crippen molar-refractivity contribution >= 4 is 22.4 Å². The van der Waals surface area contributed by atoms with Crippen LogP contribution in [0.25, 0.3) is 11.5 Å². The van der Waals surface area contributed by atoms with E-state index in [4.69, 9.17) is 4.52 Å². The van der Waals surface area contributed by atoms with Gasteiger partial charge < -0.3 is 4.52 Å². The first-order valence-corrected chi connectivity index (χ1v) is 6.96. The number of fused-ring (bicyclic) bond motifs is 1. The van der Waals surface area contributed by atoms with Gasteiger partial charge in [-0.15, -0.1) is 11.3 Å². The lowest BCUT2D eigenvalue weighted by Crippen LogP contribution is -2.07. The molecule has 0 bridgehead atoms. The Morgan fingerprint density at radius 3 is 2.71 bits per heavy atom. The number of hydrogen-bond donors (Lipinski definition) is 0. The van der Waals surface area contributed by atoms with Gasteiger partial charge in [0.15, 0.2) is 0 Å². The van der Waals surface area contributed by atoms with Crippen molar-refractivity contribution < 1.29 is 22.5 Å². The van der Waals surface area contributed by atoms with Gasteiger partial charge in [0, 0.05) is 4.88 Å². The SMILES string of the molecule is O=C=Nc1sc2c(c1-c1nc(C(F)(F)F)no1)CCCC2. The lowest BCUT2D eigenvalue weighted by Gasteiger charge is -2.10. The Morgan fingerprint density at radius 2 is 2.05 bits per heavy atom. The molecule has 0 fully saturated rings. The molecule has 0 saturated carbocycles. The van der Waals surface area contributed by atoms with Crippen LogP contribution in [0, 0.1) is 0 Å². The number of thiophene rings is 1. The first-order valence-electron chi connectivity index (χ1n) is 6.14. The van der Waals surface area contributed by atoms with Crippen molar-refractivity contribution in [2.45, 2.75) is 31.9 Å². The number of hydrogen-bond acceptors (Lipinski definition) is 6. The van der Waals surface area contributed by atoms with Crippen LogP contribution in [-0.2, 0) is 23.8 Å². The molecule has 0 amide bonds. The van der Waals surface area contributed by atoms with Crippen molar-refractivity contribution in [2.24, 2.45) is 4.99 Å². The molecule has 3 rings (SSSR count). The topological polar surface area (TPSA) is 68.3 Å². The predicted molar refractivity (Wildman–Crippen MR) is 67.0 cm³/mol. The summed E-state index contributed by atoms with van der Waals surface area (Å²) in [4.78, 5) is 18.5. The molecule has 0 N–H and O–H groups in total. The molecule has 0 radical (unpaired) electrons. The molecule has 1 aliphatic carbocycles. The van der Waals surface area contributed by atoms with Gasteiger partial charge in [-0.2, -0.15) is 23.1 Å². The predicted octanol–water partition coefficient (Wildman–Crippen LogP) is 3.66. The molecule has 0 aromatic carbocycles. The van der Waals surface area contributed by atoms with E-state index in [2.05, 4.69) is 15.1 Å². The van der Waals surface area contributed by atoms with E-state index in [0.29, 0.717) is 12.0 Å². The summed E-state index contributed by atoms with van der Waals surface area (Å²) in [6, 6.07) is 0. The molecule has 9 heteroatoms. The normalized spacial score (nSPS) is 14.6. The van der Waals surface area contributed by atoms with Crippen molar-refractivity contribution in [3.05, 3.63) is 16.3 Å². The van der Waals surface area contributed by atoms with Crippen LogP contribution in [-0.4, -0.2) is 16.2 Å². The molecule has 0 saturated heterocycles. The highest BCUT2D eigenvalue weighted by Crippen LogP contribution is 2.45. The summed E-state index contributed by atoms with van der Waals surface area (Å²) in [7, 11) is 0. The number of carbonyl (C=O) groups excluding carboxylic acids is 1.